The second-order valence-corrected chi connectivity index (χ2v) is 10.1. The first kappa shape index (κ1) is 17.4. The van der Waals surface area contributed by atoms with Crippen molar-refractivity contribution in [2.24, 2.45) is 5.92 Å². The molecule has 7 rings (SSSR count). The lowest BCUT2D eigenvalue weighted by atomic mass is 9.46. The van der Waals surface area contributed by atoms with Crippen LogP contribution in [-0.4, -0.2) is 63.4 Å². The van der Waals surface area contributed by atoms with Gasteiger partial charge in [0.15, 0.2) is 17.0 Å². The van der Waals surface area contributed by atoms with E-state index in [1.165, 1.54) is 12.8 Å². The normalized spacial score (nSPS) is 43.2. The largest absolute Gasteiger partial charge is 0.504 e. The Morgan fingerprint density at radius 3 is 2.77 bits per heavy atom. The standard InChI is InChI=1S/C22H25N3O5/c26-13-4-3-12-9-14-22(29)6-5-21(18(27)23-19(28)24-21)17-20(22,15(12)16(13)30-17)7-8-25(14)10-11-1-2-11/h3-4,11,14,17,26,29H,1-2,5-10H2,(H2,23,24,27,28)/t14?,17-,20+,21+,22-/m1/s1. The Labute approximate surface area is 173 Å². The molecule has 1 unspecified atom stereocenters. The molecular weight excluding hydrogens is 386 g/mol. The van der Waals surface area contributed by atoms with Crippen molar-refractivity contribution >= 4 is 11.9 Å². The third-order valence-corrected chi connectivity index (χ3v) is 8.83. The zero-order valence-electron chi connectivity index (χ0n) is 16.6. The highest BCUT2D eigenvalue weighted by Crippen LogP contribution is 2.67. The monoisotopic (exact) mass is 411 g/mol. The van der Waals surface area contributed by atoms with Crippen molar-refractivity contribution in [1.82, 2.24) is 15.5 Å². The summed E-state index contributed by atoms with van der Waals surface area (Å²) in [5.74, 6) is 0.717. The number of carbonyl (C=O) groups is 2. The molecule has 1 aromatic carbocycles. The summed E-state index contributed by atoms with van der Waals surface area (Å²) in [5, 5.41) is 28.2. The summed E-state index contributed by atoms with van der Waals surface area (Å²) in [6.07, 6.45) is 3.81. The van der Waals surface area contributed by atoms with Gasteiger partial charge in [-0.15, -0.1) is 0 Å². The summed E-state index contributed by atoms with van der Waals surface area (Å²) in [4.78, 5) is 27.6. The third-order valence-electron chi connectivity index (χ3n) is 8.83. The van der Waals surface area contributed by atoms with Crippen LogP contribution < -0.4 is 15.4 Å². The molecule has 4 N–H and O–H groups in total. The van der Waals surface area contributed by atoms with Crippen molar-refractivity contribution in [1.29, 1.82) is 0 Å². The summed E-state index contributed by atoms with van der Waals surface area (Å²) in [5.41, 5.74) is -1.21. The number of nitrogens with zero attached hydrogens (tertiary/aromatic N) is 1. The Balaban J connectivity index is 1.46. The topological polar surface area (TPSA) is 111 Å². The van der Waals surface area contributed by atoms with Crippen molar-refractivity contribution in [3.8, 4) is 11.5 Å². The highest BCUT2D eigenvalue weighted by atomic mass is 16.5. The summed E-state index contributed by atoms with van der Waals surface area (Å²) in [6, 6.07) is 3.00. The third kappa shape index (κ3) is 1.74. The number of imide groups is 1. The molecular formula is C22H25N3O5. The highest BCUT2D eigenvalue weighted by molar-refractivity contribution is 6.08. The highest BCUT2D eigenvalue weighted by Gasteiger charge is 2.78. The number of urea groups is 1. The number of fused-ring (bicyclic) bond motifs is 1. The molecule has 2 saturated heterocycles. The molecule has 4 fully saturated rings. The second kappa shape index (κ2) is 5.11. The van der Waals surface area contributed by atoms with Crippen molar-refractivity contribution in [2.45, 2.75) is 67.2 Å². The van der Waals surface area contributed by atoms with E-state index in [9.17, 15) is 19.8 Å². The molecule has 8 heteroatoms. The molecule has 3 heterocycles. The summed E-state index contributed by atoms with van der Waals surface area (Å²) >= 11 is 0. The van der Waals surface area contributed by atoms with Crippen molar-refractivity contribution in [3.05, 3.63) is 23.3 Å². The Morgan fingerprint density at radius 2 is 2.03 bits per heavy atom. The Hall–Kier alpha value is -2.32. The first-order valence-electron chi connectivity index (χ1n) is 11.0. The lowest BCUT2D eigenvalue weighted by molar-refractivity contribution is -0.203. The van der Waals surface area contributed by atoms with Crippen LogP contribution in [0.3, 0.4) is 0 Å². The van der Waals surface area contributed by atoms with E-state index in [2.05, 4.69) is 15.5 Å². The molecule has 2 spiro atoms. The van der Waals surface area contributed by atoms with E-state index in [4.69, 9.17) is 4.74 Å². The van der Waals surface area contributed by atoms with Gasteiger partial charge in [-0.2, -0.15) is 0 Å². The summed E-state index contributed by atoms with van der Waals surface area (Å²) in [6.45, 7) is 1.81. The number of hydrogen-bond donors (Lipinski definition) is 4. The molecule has 158 valence electrons. The molecule has 6 aliphatic rings. The first-order valence-corrected chi connectivity index (χ1v) is 11.0. The maximum Gasteiger partial charge on any atom is 0.322 e. The van der Waals surface area contributed by atoms with Crippen molar-refractivity contribution in [2.75, 3.05) is 13.1 Å². The van der Waals surface area contributed by atoms with Crippen LogP contribution in [0.4, 0.5) is 4.79 Å². The van der Waals surface area contributed by atoms with Crippen LogP contribution in [0, 0.1) is 5.92 Å². The Bertz CT molecular complexity index is 1020. The number of piperidine rings is 1. The molecule has 0 radical (unpaired) electrons. The fourth-order valence-corrected chi connectivity index (χ4v) is 7.38. The zero-order valence-corrected chi connectivity index (χ0v) is 16.6. The van der Waals surface area contributed by atoms with Gasteiger partial charge in [0.1, 0.15) is 6.10 Å². The van der Waals surface area contributed by atoms with E-state index in [-0.39, 0.29) is 11.8 Å². The van der Waals surface area contributed by atoms with Gasteiger partial charge < -0.3 is 20.3 Å². The van der Waals surface area contributed by atoms with Crippen LogP contribution in [0.2, 0.25) is 0 Å². The number of amides is 3. The maximum absolute atomic E-state index is 13.0. The number of carbonyl (C=O) groups excluding carboxylic acids is 2. The molecule has 2 saturated carbocycles. The van der Waals surface area contributed by atoms with Crippen LogP contribution in [0.25, 0.3) is 0 Å². The van der Waals surface area contributed by atoms with E-state index < -0.39 is 34.6 Å². The number of benzene rings is 1. The predicted molar refractivity (Wildman–Crippen MR) is 104 cm³/mol. The molecule has 8 nitrogen and oxygen atoms in total. The Kier molecular flexibility index (Phi) is 2.96. The fourth-order valence-electron chi connectivity index (χ4n) is 7.38. The molecule has 30 heavy (non-hydrogen) atoms. The molecule has 3 amide bonds. The second-order valence-electron chi connectivity index (χ2n) is 10.1. The number of nitrogens with one attached hydrogen (secondary N) is 2. The van der Waals surface area contributed by atoms with E-state index in [1.54, 1.807) is 6.07 Å². The lowest BCUT2D eigenvalue weighted by Gasteiger charge is -2.65. The smallest absolute Gasteiger partial charge is 0.322 e. The van der Waals surface area contributed by atoms with Crippen LogP contribution in [0.5, 0.6) is 11.5 Å². The number of hydrogen-bond acceptors (Lipinski definition) is 6. The van der Waals surface area contributed by atoms with Gasteiger partial charge in [0, 0.05) is 18.2 Å². The fraction of sp³-hybridized carbons (Fsp3) is 0.636. The van der Waals surface area contributed by atoms with Gasteiger partial charge >= 0.3 is 6.03 Å². The van der Waals surface area contributed by atoms with Crippen LogP contribution in [0.15, 0.2) is 12.1 Å². The zero-order chi connectivity index (χ0) is 20.5. The van der Waals surface area contributed by atoms with Gasteiger partial charge in [0.25, 0.3) is 5.91 Å². The quantitative estimate of drug-likeness (QED) is 0.529. The van der Waals surface area contributed by atoms with Crippen LogP contribution in [0.1, 0.15) is 43.2 Å². The van der Waals surface area contributed by atoms with Crippen molar-refractivity contribution < 1.29 is 24.5 Å². The lowest BCUT2D eigenvalue weighted by Crippen LogP contribution is -2.81. The van der Waals surface area contributed by atoms with Gasteiger partial charge in [-0.3, -0.25) is 15.0 Å². The molecule has 5 atom stereocenters. The number of phenols is 1. The van der Waals surface area contributed by atoms with E-state index in [0.29, 0.717) is 37.4 Å². The van der Waals surface area contributed by atoms with Gasteiger partial charge in [-0.1, -0.05) is 6.07 Å². The first-order chi connectivity index (χ1) is 14.4. The molecule has 0 aromatic heterocycles. The molecule has 3 aliphatic heterocycles. The number of phenolic OH excluding ortho intramolecular Hbond substituents is 1. The number of ether oxygens (including phenoxy) is 1. The van der Waals surface area contributed by atoms with E-state index >= 15 is 0 Å². The maximum atomic E-state index is 13.0. The van der Waals surface area contributed by atoms with Crippen LogP contribution in [-0.2, 0) is 16.6 Å². The Morgan fingerprint density at radius 1 is 1.20 bits per heavy atom. The van der Waals surface area contributed by atoms with E-state index in [1.807, 2.05) is 6.07 Å². The average molecular weight is 411 g/mol. The van der Waals surface area contributed by atoms with Gasteiger partial charge in [0.2, 0.25) is 0 Å². The minimum Gasteiger partial charge on any atom is -0.504 e. The average Bonchev–Trinajstić information content (AvgIpc) is 3.37. The van der Waals surface area contributed by atoms with Gasteiger partial charge in [-0.25, -0.2) is 4.79 Å². The SMILES string of the molecule is O=C1NC(=O)[C@@]2(CC[C@@]3(O)C4Cc5ccc(O)c6c5[C@@]3(CCN4CC3CC3)[C@H]2O6)N1. The minimum absolute atomic E-state index is 0.0265. The van der Waals surface area contributed by atoms with Gasteiger partial charge in [0.05, 0.1) is 11.0 Å². The number of aromatic hydroxyl groups is 1. The molecule has 1 aromatic rings. The summed E-state index contributed by atoms with van der Waals surface area (Å²) in [7, 11) is 0. The predicted octanol–water partition coefficient (Wildman–Crippen LogP) is 0.534. The number of likely N-dealkylation sites (tertiary alicyclic amines) is 1. The van der Waals surface area contributed by atoms with Crippen LogP contribution >= 0.6 is 0 Å². The minimum atomic E-state index is -1.23. The molecule has 3 aliphatic carbocycles. The molecule has 2 bridgehead atoms. The summed E-state index contributed by atoms with van der Waals surface area (Å²) < 4.78 is 6.36. The van der Waals surface area contributed by atoms with Gasteiger partial charge in [-0.05, 0) is 62.6 Å². The van der Waals surface area contributed by atoms with Crippen molar-refractivity contribution in [3.63, 3.8) is 0 Å². The number of aliphatic hydroxyl groups is 1. The van der Waals surface area contributed by atoms with E-state index in [0.717, 1.165) is 24.2 Å². The number of rotatable bonds is 2.